The van der Waals surface area contributed by atoms with Crippen molar-refractivity contribution in [2.24, 2.45) is 5.92 Å². The second-order valence-corrected chi connectivity index (χ2v) is 5.46. The number of aliphatic hydroxyl groups excluding tert-OH is 1. The van der Waals surface area contributed by atoms with Crippen LogP contribution in [-0.4, -0.2) is 47.8 Å². The van der Waals surface area contributed by atoms with Crippen LogP contribution in [0.15, 0.2) is 0 Å². The van der Waals surface area contributed by atoms with Gasteiger partial charge >= 0.3 is 5.97 Å². The summed E-state index contributed by atoms with van der Waals surface area (Å²) in [6, 6.07) is 0.428. The van der Waals surface area contributed by atoms with E-state index in [9.17, 15) is 9.90 Å². The van der Waals surface area contributed by atoms with Crippen LogP contribution in [0.25, 0.3) is 0 Å². The molecule has 0 aromatic rings. The maximum absolute atomic E-state index is 12.0. The van der Waals surface area contributed by atoms with Crippen molar-refractivity contribution in [2.75, 3.05) is 14.2 Å². The lowest BCUT2D eigenvalue weighted by Gasteiger charge is -2.49. The molecule has 2 aliphatic heterocycles. The van der Waals surface area contributed by atoms with Crippen LogP contribution in [-0.2, 0) is 9.53 Å². The van der Waals surface area contributed by atoms with Crippen LogP contribution >= 0.6 is 0 Å². The van der Waals surface area contributed by atoms with Crippen LogP contribution in [0, 0.1) is 5.92 Å². The lowest BCUT2D eigenvalue weighted by molar-refractivity contribution is -0.163. The van der Waals surface area contributed by atoms with E-state index in [2.05, 4.69) is 18.9 Å². The van der Waals surface area contributed by atoms with Gasteiger partial charge in [-0.1, -0.05) is 13.3 Å². The summed E-state index contributed by atoms with van der Waals surface area (Å²) in [6.07, 6.45) is 4.22. The molecule has 2 rings (SSSR count). The number of carbonyl (C=O) groups excluding carboxylic acids is 1. The van der Waals surface area contributed by atoms with Crippen molar-refractivity contribution < 1.29 is 14.6 Å². The highest BCUT2D eigenvalue weighted by molar-refractivity contribution is 5.75. The number of hydrogen-bond donors (Lipinski definition) is 1. The van der Waals surface area contributed by atoms with Crippen molar-refractivity contribution in [1.29, 1.82) is 0 Å². The first-order valence-corrected chi connectivity index (χ1v) is 6.55. The maximum Gasteiger partial charge on any atom is 0.313 e. The molecule has 0 radical (unpaired) electrons. The van der Waals surface area contributed by atoms with Gasteiger partial charge in [-0.2, -0.15) is 0 Å². The van der Waals surface area contributed by atoms with Crippen molar-refractivity contribution in [3.63, 3.8) is 0 Å². The van der Waals surface area contributed by atoms with Gasteiger partial charge in [-0.25, -0.2) is 0 Å². The zero-order valence-electron chi connectivity index (χ0n) is 11.0. The number of piperidine rings is 1. The molecule has 2 bridgehead atoms. The number of hydrogen-bond acceptors (Lipinski definition) is 4. The third kappa shape index (κ3) is 1.78. The molecule has 0 aromatic heterocycles. The van der Waals surface area contributed by atoms with E-state index in [4.69, 9.17) is 4.74 Å². The van der Waals surface area contributed by atoms with Crippen LogP contribution in [0.2, 0.25) is 0 Å². The summed E-state index contributed by atoms with van der Waals surface area (Å²) in [5.41, 5.74) is -0.176. The fraction of sp³-hybridized carbons (Fsp3) is 0.923. The number of nitrogens with zero attached hydrogens (tertiary/aromatic N) is 1. The molecule has 0 amide bonds. The Morgan fingerprint density at radius 1 is 1.59 bits per heavy atom. The Hall–Kier alpha value is -0.610. The minimum absolute atomic E-state index is 0.176. The molecule has 98 valence electrons. The van der Waals surface area contributed by atoms with Gasteiger partial charge in [0.15, 0.2) is 0 Å². The number of esters is 1. The fourth-order valence-corrected chi connectivity index (χ4v) is 3.97. The minimum Gasteiger partial charge on any atom is -0.469 e. The summed E-state index contributed by atoms with van der Waals surface area (Å²) in [5, 5.41) is 10.2. The number of aliphatic hydroxyl groups is 1. The second kappa shape index (κ2) is 4.58. The van der Waals surface area contributed by atoms with Crippen LogP contribution in [0.3, 0.4) is 0 Å². The summed E-state index contributed by atoms with van der Waals surface area (Å²) >= 11 is 0. The van der Waals surface area contributed by atoms with E-state index in [1.54, 1.807) is 0 Å². The Labute approximate surface area is 103 Å². The number of methoxy groups -OCH3 is 1. The fourth-order valence-electron chi connectivity index (χ4n) is 3.97. The van der Waals surface area contributed by atoms with Crippen LogP contribution in [0.4, 0.5) is 0 Å². The Morgan fingerprint density at radius 2 is 2.29 bits per heavy atom. The summed E-state index contributed by atoms with van der Waals surface area (Å²) < 4.78 is 4.90. The summed E-state index contributed by atoms with van der Waals surface area (Å²) in [4.78, 5) is 14.3. The van der Waals surface area contributed by atoms with Crippen LogP contribution in [0.5, 0.6) is 0 Å². The molecule has 1 N–H and O–H groups in total. The molecule has 0 saturated carbocycles. The van der Waals surface area contributed by atoms with E-state index >= 15 is 0 Å². The van der Waals surface area contributed by atoms with Crippen molar-refractivity contribution in [3.8, 4) is 0 Å². The molecule has 0 spiro atoms. The summed E-state index contributed by atoms with van der Waals surface area (Å²) in [6.45, 7) is 2.13. The van der Waals surface area contributed by atoms with Gasteiger partial charge in [-0.3, -0.25) is 9.69 Å². The Balaban J connectivity index is 2.34. The SMILES string of the molecule is CCC[C@@]12CC[C@@H](C[C@H](O)[C@@H]1C(=O)OC)N2C. The Kier molecular flexibility index (Phi) is 3.46. The molecule has 0 aromatic carbocycles. The molecule has 4 nitrogen and oxygen atoms in total. The Morgan fingerprint density at radius 3 is 2.88 bits per heavy atom. The highest BCUT2D eigenvalue weighted by atomic mass is 16.5. The molecule has 2 aliphatic rings. The molecular formula is C13H23NO3. The van der Waals surface area contributed by atoms with Gasteiger partial charge < -0.3 is 9.84 Å². The van der Waals surface area contributed by atoms with Gasteiger partial charge in [0.05, 0.1) is 13.2 Å². The molecule has 0 aliphatic carbocycles. The van der Waals surface area contributed by atoms with Crippen LogP contribution < -0.4 is 0 Å². The predicted octanol–water partition coefficient (Wildman–Crippen LogP) is 1.17. The first-order valence-electron chi connectivity index (χ1n) is 6.55. The van der Waals surface area contributed by atoms with Crippen molar-refractivity contribution >= 4 is 5.97 Å². The van der Waals surface area contributed by atoms with E-state index in [-0.39, 0.29) is 17.4 Å². The average molecular weight is 241 g/mol. The summed E-state index contributed by atoms with van der Waals surface area (Å²) in [5.74, 6) is -0.630. The first-order chi connectivity index (χ1) is 8.06. The number of fused-ring (bicyclic) bond motifs is 2. The van der Waals surface area contributed by atoms with Gasteiger partial charge in [-0.15, -0.1) is 0 Å². The lowest BCUT2D eigenvalue weighted by atomic mass is 9.73. The van der Waals surface area contributed by atoms with E-state index in [0.717, 1.165) is 25.7 Å². The monoisotopic (exact) mass is 241 g/mol. The van der Waals surface area contributed by atoms with Gasteiger partial charge in [-0.05, 0) is 32.7 Å². The molecular weight excluding hydrogens is 218 g/mol. The quantitative estimate of drug-likeness (QED) is 0.754. The minimum atomic E-state index is -0.544. The lowest BCUT2D eigenvalue weighted by Crippen LogP contribution is -2.61. The molecule has 4 atom stereocenters. The largest absolute Gasteiger partial charge is 0.469 e. The molecule has 0 unspecified atom stereocenters. The van der Waals surface area contributed by atoms with Gasteiger partial charge in [0.25, 0.3) is 0 Å². The smallest absolute Gasteiger partial charge is 0.313 e. The third-order valence-corrected chi connectivity index (χ3v) is 4.78. The molecule has 4 heteroatoms. The average Bonchev–Trinajstić information content (AvgIpc) is 2.51. The van der Waals surface area contributed by atoms with E-state index in [0.29, 0.717) is 12.5 Å². The second-order valence-electron chi connectivity index (χ2n) is 5.46. The van der Waals surface area contributed by atoms with Crippen molar-refractivity contribution in [3.05, 3.63) is 0 Å². The van der Waals surface area contributed by atoms with Crippen molar-refractivity contribution in [1.82, 2.24) is 4.90 Å². The first kappa shape index (κ1) is 12.8. The number of rotatable bonds is 3. The predicted molar refractivity (Wildman–Crippen MR) is 64.6 cm³/mol. The highest BCUT2D eigenvalue weighted by Gasteiger charge is 2.58. The van der Waals surface area contributed by atoms with E-state index in [1.807, 2.05) is 0 Å². The summed E-state index contributed by atoms with van der Waals surface area (Å²) in [7, 11) is 3.50. The Bertz CT molecular complexity index is 303. The molecule has 17 heavy (non-hydrogen) atoms. The highest BCUT2D eigenvalue weighted by Crippen LogP contribution is 2.49. The third-order valence-electron chi connectivity index (χ3n) is 4.78. The molecule has 2 fully saturated rings. The number of carbonyl (C=O) groups is 1. The number of ether oxygens (including phenoxy) is 1. The standard InChI is InChI=1S/C13H23NO3/c1-4-6-13-7-5-9(14(13)2)8-10(15)11(13)12(16)17-3/h9-11,15H,4-8H2,1-3H3/t9-,10-,11+,13+/m0/s1. The topological polar surface area (TPSA) is 49.8 Å². The molecule has 2 saturated heterocycles. The zero-order valence-corrected chi connectivity index (χ0v) is 11.0. The van der Waals surface area contributed by atoms with Crippen LogP contribution in [0.1, 0.15) is 39.0 Å². The molecule has 2 heterocycles. The maximum atomic E-state index is 12.0. The van der Waals surface area contributed by atoms with Crippen molar-refractivity contribution in [2.45, 2.75) is 56.7 Å². The zero-order chi connectivity index (χ0) is 12.6. The van der Waals surface area contributed by atoms with E-state index < -0.39 is 6.10 Å². The van der Waals surface area contributed by atoms with Gasteiger partial charge in [0, 0.05) is 11.6 Å². The normalized spacial score (nSPS) is 41.5. The van der Waals surface area contributed by atoms with E-state index in [1.165, 1.54) is 7.11 Å². The van der Waals surface area contributed by atoms with Gasteiger partial charge in [0.2, 0.25) is 0 Å². The van der Waals surface area contributed by atoms with Gasteiger partial charge in [0.1, 0.15) is 5.92 Å².